The molecule has 784 valence electrons. The van der Waals surface area contributed by atoms with E-state index in [1.165, 1.54) is 51.6 Å². The Kier molecular flexibility index (Phi) is 77.6. The van der Waals surface area contributed by atoms with Gasteiger partial charge in [0.15, 0.2) is 23.0 Å². The van der Waals surface area contributed by atoms with E-state index in [9.17, 15) is 19.7 Å². The van der Waals surface area contributed by atoms with Crippen molar-refractivity contribution < 1.29 is 143 Å². The Labute approximate surface area is 823 Å². The maximum Gasteiger partial charge on any atom is 0.373 e. The standard InChI is InChI=1S/C37H59NO13.C27H48O12.C10H12O2.C9H11NO2.2C9H13N.CH5N.CO2/c1-29-25-33(26-30(2)31(29)3)38-37(39)32-27-34(49-22-19-46-16-13-43-10-7-40-4)36(51-24-21-48-18-15-45-12-9-42-6)35(28-32)50-23-20-47-17-14-44-11-8-41-5;1-28-7-10-31-13-16-34-19-22-37-25-5-4-6-26(38-23-20-35-17-14-32-11-8-29-2)27(25)39-24-21-36-18-15-33-12-9-30-3;2*1-6-4-9(10(11)12)5-7(2)8(6)3;2*1-6-4-9(10)5-7(2)8(6)3;1-2;2-1-3/h25-28H,7-24H2,1-6H3,(H,38,39);4-6H,7-24H2,1-3H3;4-5H,1-3H3,(H,11,12);4-5H,1-3H3;2*4-5H,10H2,1-3H3;2H2,1H3;. The molecule has 36 nitrogen and oxygen atoms in total. The third-order valence-corrected chi connectivity index (χ3v) is 20.3. The normalized spacial score (nSPS) is 10.5. The summed E-state index contributed by atoms with van der Waals surface area (Å²) in [5.74, 6) is 1.41. The fraction of sp³-hybridized carbons (Fsp3) is 0.563. The van der Waals surface area contributed by atoms with Crippen molar-refractivity contribution in [2.75, 3.05) is 304 Å². The molecule has 0 radical (unpaired) electrons. The third-order valence-electron chi connectivity index (χ3n) is 20.3. The number of nitro groups is 1. The van der Waals surface area contributed by atoms with E-state index in [1.807, 2.05) is 110 Å². The first-order valence-electron chi connectivity index (χ1n) is 46.0. The Morgan fingerprint density at radius 3 is 0.741 bits per heavy atom. The minimum Gasteiger partial charge on any atom is -0.487 e. The molecule has 0 aromatic heterocycles. The highest BCUT2D eigenvalue weighted by Crippen LogP contribution is 2.40. The molecule has 0 bridgehead atoms. The Morgan fingerprint density at radius 1 is 0.302 bits per heavy atom. The number of anilines is 3. The highest BCUT2D eigenvalue weighted by atomic mass is 16.6. The van der Waals surface area contributed by atoms with Crippen LogP contribution in [-0.4, -0.2) is 316 Å². The van der Waals surface area contributed by atoms with Crippen molar-refractivity contribution in [1.82, 2.24) is 0 Å². The number of nitro benzene ring substituents is 1. The second-order valence-electron chi connectivity index (χ2n) is 30.6. The molecule has 7 aromatic rings. The lowest BCUT2D eigenvalue weighted by Crippen LogP contribution is -2.17. The number of carbonyl (C=O) groups excluding carboxylic acids is 3. The fourth-order valence-corrected chi connectivity index (χ4v) is 11.7. The Hall–Kier alpha value is -10.1. The third kappa shape index (κ3) is 61.3. The molecule has 7 aromatic carbocycles. The number of nitrogens with zero attached hydrogens (tertiary/aromatic N) is 1. The van der Waals surface area contributed by atoms with Crippen LogP contribution in [0.25, 0.3) is 0 Å². The van der Waals surface area contributed by atoms with E-state index in [4.69, 9.17) is 140 Å². The average molecular weight is 1970 g/mol. The fourth-order valence-electron chi connectivity index (χ4n) is 11.7. The quantitative estimate of drug-likeness (QED) is 0.0102. The SMILES string of the molecule is CN.COCCOCCOCCOc1cc(C(=O)Nc2cc(C)c(C)c(C)c2)cc(OCCOCCOCCOC)c1OCCOCCOCCOC.COCCOCCOCCOc1cccc(OCCOCCOCCOC)c1OCCOCCOCCOC.Cc1cc(C(=O)O)cc(C)c1C.Cc1cc(N)cc(C)c1C.Cc1cc(N)cc(C)c1C.Cc1cc([N+](=O)[O-])cc(C)c1C.O=C=O. The number of carboxylic acids is 1. The number of para-hydroxylation sites is 1. The number of rotatable bonds is 64. The van der Waals surface area contributed by atoms with Crippen LogP contribution in [0.4, 0.5) is 22.7 Å². The molecule has 7 rings (SSSR count). The topological polar surface area (TPSA) is 443 Å². The zero-order valence-electron chi connectivity index (χ0n) is 86.5. The number of hydrogen-bond acceptors (Lipinski definition) is 33. The van der Waals surface area contributed by atoms with Crippen molar-refractivity contribution >= 4 is 40.8 Å². The number of amides is 1. The number of nitrogens with one attached hydrogen (secondary N) is 1. The van der Waals surface area contributed by atoms with Gasteiger partial charge in [-0.2, -0.15) is 9.59 Å². The monoisotopic (exact) mass is 1960 g/mol. The first-order valence-corrected chi connectivity index (χ1v) is 46.0. The summed E-state index contributed by atoms with van der Waals surface area (Å²) in [6.07, 6.45) is 0.250. The molecule has 0 aliphatic rings. The summed E-state index contributed by atoms with van der Waals surface area (Å²) in [7, 11) is 11.3. The first kappa shape index (κ1) is 129. The van der Waals surface area contributed by atoms with Gasteiger partial charge in [0.05, 0.1) is 209 Å². The number of non-ortho nitro benzene ring substituents is 1. The first-order chi connectivity index (χ1) is 66.9. The average Bonchev–Trinajstić information content (AvgIpc) is 0.803. The van der Waals surface area contributed by atoms with Gasteiger partial charge in [-0.3, -0.25) is 14.9 Å². The molecule has 0 aliphatic heterocycles. The number of methoxy groups -OCH3 is 6. The summed E-state index contributed by atoms with van der Waals surface area (Å²) in [6, 6.07) is 27.3. The van der Waals surface area contributed by atoms with Gasteiger partial charge >= 0.3 is 12.1 Å². The number of ether oxygens (including phenoxy) is 24. The lowest BCUT2D eigenvalue weighted by molar-refractivity contribution is -0.385. The molecule has 1 amide bonds. The molecular formula is C103H161N5O31. The Morgan fingerprint density at radius 2 is 0.504 bits per heavy atom. The smallest absolute Gasteiger partial charge is 0.373 e. The van der Waals surface area contributed by atoms with Crippen molar-refractivity contribution in [2.45, 2.75) is 104 Å². The van der Waals surface area contributed by atoms with Crippen LogP contribution < -0.4 is 50.9 Å². The van der Waals surface area contributed by atoms with Crippen LogP contribution in [0.1, 0.15) is 104 Å². The van der Waals surface area contributed by atoms with E-state index in [2.05, 4.69) is 59.5 Å². The summed E-state index contributed by atoms with van der Waals surface area (Å²) in [5.41, 5.74) is 36.5. The molecule has 0 saturated carbocycles. The molecule has 0 spiro atoms. The molecule has 36 heteroatoms. The van der Waals surface area contributed by atoms with Gasteiger partial charge in [0.2, 0.25) is 11.5 Å². The van der Waals surface area contributed by atoms with Crippen LogP contribution in [0, 0.1) is 114 Å². The molecule has 0 atom stereocenters. The largest absolute Gasteiger partial charge is 0.487 e. The maximum atomic E-state index is 13.6. The van der Waals surface area contributed by atoms with Gasteiger partial charge in [-0.1, -0.05) is 6.07 Å². The van der Waals surface area contributed by atoms with Crippen LogP contribution in [-0.2, 0) is 94.9 Å². The van der Waals surface area contributed by atoms with Crippen LogP contribution in [0.2, 0.25) is 0 Å². The lowest BCUT2D eigenvalue weighted by atomic mass is 10.0. The van der Waals surface area contributed by atoms with Crippen LogP contribution in [0.5, 0.6) is 34.5 Å². The maximum absolute atomic E-state index is 13.6. The van der Waals surface area contributed by atoms with Gasteiger partial charge in [0.25, 0.3) is 11.6 Å². The minimum atomic E-state index is -0.860. The van der Waals surface area contributed by atoms with Crippen molar-refractivity contribution in [3.8, 4) is 34.5 Å². The van der Waals surface area contributed by atoms with E-state index < -0.39 is 5.97 Å². The van der Waals surface area contributed by atoms with E-state index in [-0.39, 0.29) is 55.7 Å². The van der Waals surface area contributed by atoms with Gasteiger partial charge in [0, 0.05) is 77.4 Å². The molecule has 0 heterocycles. The second-order valence-corrected chi connectivity index (χ2v) is 30.6. The van der Waals surface area contributed by atoms with Gasteiger partial charge in [-0.15, -0.1) is 0 Å². The predicted molar refractivity (Wildman–Crippen MR) is 536 cm³/mol. The van der Waals surface area contributed by atoms with E-state index in [1.54, 1.807) is 79.1 Å². The number of nitrogen functional groups attached to an aromatic ring is 2. The molecule has 0 aliphatic carbocycles. The highest BCUT2D eigenvalue weighted by molar-refractivity contribution is 6.05. The van der Waals surface area contributed by atoms with Crippen molar-refractivity contribution in [3.63, 3.8) is 0 Å². The molecule has 0 saturated heterocycles. The van der Waals surface area contributed by atoms with E-state index >= 15 is 0 Å². The second kappa shape index (κ2) is 83.7. The number of nitrogens with two attached hydrogens (primary N) is 3. The van der Waals surface area contributed by atoms with E-state index in [0.717, 1.165) is 50.3 Å². The van der Waals surface area contributed by atoms with Crippen LogP contribution >= 0.6 is 0 Å². The number of benzene rings is 7. The molecular weight excluding hydrogens is 1800 g/mol. The summed E-state index contributed by atoms with van der Waals surface area (Å²) >= 11 is 0. The number of carbonyl (C=O) groups is 2. The Bertz CT molecular complexity index is 4140. The summed E-state index contributed by atoms with van der Waals surface area (Å²) in [6.45, 7) is 45.6. The number of hydrogen-bond donors (Lipinski definition) is 5. The van der Waals surface area contributed by atoms with Crippen molar-refractivity contribution in [1.29, 1.82) is 0 Å². The minimum absolute atomic E-state index is 0.176. The molecule has 8 N–H and O–H groups in total. The highest BCUT2D eigenvalue weighted by Gasteiger charge is 2.22. The zero-order valence-corrected chi connectivity index (χ0v) is 86.5. The summed E-state index contributed by atoms with van der Waals surface area (Å²) in [4.78, 5) is 50.5. The predicted octanol–water partition coefficient (Wildman–Crippen LogP) is 14.1. The number of carboxylic acid groups (broad SMARTS) is 1. The number of aryl methyl sites for hydroxylation is 10. The van der Waals surface area contributed by atoms with Gasteiger partial charge < -0.3 is 141 Å². The van der Waals surface area contributed by atoms with E-state index in [0.29, 0.717) is 256 Å². The number of aromatic carboxylic acids is 1. The molecule has 0 fully saturated rings. The van der Waals surface area contributed by atoms with Gasteiger partial charge in [-0.25, -0.2) is 4.79 Å². The van der Waals surface area contributed by atoms with Crippen molar-refractivity contribution in [2.24, 2.45) is 5.73 Å². The summed E-state index contributed by atoms with van der Waals surface area (Å²) in [5, 5.41) is 22.2. The lowest BCUT2D eigenvalue weighted by Gasteiger charge is -2.19. The van der Waals surface area contributed by atoms with Crippen LogP contribution in [0.3, 0.4) is 0 Å². The van der Waals surface area contributed by atoms with Gasteiger partial charge in [0.1, 0.15) is 39.6 Å². The van der Waals surface area contributed by atoms with Gasteiger partial charge in [-0.05, 0) is 267 Å². The Balaban J connectivity index is 0.00000186. The zero-order chi connectivity index (χ0) is 104. The summed E-state index contributed by atoms with van der Waals surface area (Å²) < 4.78 is 132. The molecule has 0 unspecified atom stereocenters. The van der Waals surface area contributed by atoms with Crippen LogP contribution in [0.15, 0.2) is 91.0 Å². The molecule has 139 heavy (non-hydrogen) atoms. The van der Waals surface area contributed by atoms with Crippen molar-refractivity contribution in [3.05, 3.63) is 196 Å².